The number of halogens is 1. The van der Waals surface area contributed by atoms with Gasteiger partial charge in [0.2, 0.25) is 0 Å². The summed E-state index contributed by atoms with van der Waals surface area (Å²) in [6.07, 6.45) is 0. The molecule has 1 aliphatic rings. The Balaban J connectivity index is 1.57. The Bertz CT molecular complexity index is 1050. The number of carbonyl (C=O) groups excluding carboxylic acids is 1. The molecule has 0 bridgehead atoms. The number of hydrogen-bond donors (Lipinski definition) is 0. The number of aromatic nitrogens is 1. The molecular formula is C21H17FN4O. The van der Waals surface area contributed by atoms with E-state index >= 15 is 0 Å². The first-order valence-electron chi connectivity index (χ1n) is 8.76. The summed E-state index contributed by atoms with van der Waals surface area (Å²) in [4.78, 5) is 20.8. The second-order valence-corrected chi connectivity index (χ2v) is 6.41. The normalized spacial score (nSPS) is 14.2. The lowest BCUT2D eigenvalue weighted by atomic mass is 10.1. The predicted molar refractivity (Wildman–Crippen MR) is 101 cm³/mol. The van der Waals surface area contributed by atoms with Crippen molar-refractivity contribution in [1.82, 2.24) is 9.88 Å². The van der Waals surface area contributed by atoms with Gasteiger partial charge in [-0.25, -0.2) is 9.37 Å². The molecule has 1 saturated heterocycles. The molecule has 4 rings (SSSR count). The van der Waals surface area contributed by atoms with Gasteiger partial charge >= 0.3 is 0 Å². The Morgan fingerprint density at radius 1 is 1.04 bits per heavy atom. The summed E-state index contributed by atoms with van der Waals surface area (Å²) >= 11 is 0. The topological polar surface area (TPSA) is 60.2 Å². The molecule has 0 aliphatic carbocycles. The fraction of sp³-hybridized carbons (Fsp3) is 0.190. The minimum absolute atomic E-state index is 0.104. The number of pyridine rings is 1. The Labute approximate surface area is 156 Å². The maximum absolute atomic E-state index is 13.9. The SMILES string of the molecule is N#Cc1cc(N2CCN(C(=O)c3ccccc3F)CC2)c2ccccc2n1. The van der Waals surface area contributed by atoms with Gasteiger partial charge in [0.05, 0.1) is 11.1 Å². The van der Waals surface area contributed by atoms with E-state index in [9.17, 15) is 14.4 Å². The van der Waals surface area contributed by atoms with Crippen molar-refractivity contribution in [2.75, 3.05) is 31.1 Å². The molecule has 0 radical (unpaired) electrons. The Kier molecular flexibility index (Phi) is 4.43. The molecule has 1 aromatic heterocycles. The zero-order valence-corrected chi connectivity index (χ0v) is 14.6. The molecule has 0 N–H and O–H groups in total. The molecule has 1 fully saturated rings. The molecule has 1 aliphatic heterocycles. The van der Waals surface area contributed by atoms with Crippen molar-refractivity contribution in [3.63, 3.8) is 0 Å². The molecule has 1 amide bonds. The van der Waals surface area contributed by atoms with Crippen LogP contribution in [0.25, 0.3) is 10.9 Å². The van der Waals surface area contributed by atoms with Crippen molar-refractivity contribution in [2.24, 2.45) is 0 Å². The van der Waals surface area contributed by atoms with Crippen LogP contribution in [0, 0.1) is 17.1 Å². The van der Waals surface area contributed by atoms with Crippen molar-refractivity contribution < 1.29 is 9.18 Å². The van der Waals surface area contributed by atoms with Crippen molar-refractivity contribution in [3.05, 3.63) is 71.7 Å². The highest BCUT2D eigenvalue weighted by Gasteiger charge is 2.25. The van der Waals surface area contributed by atoms with Crippen molar-refractivity contribution in [1.29, 1.82) is 5.26 Å². The van der Waals surface area contributed by atoms with E-state index < -0.39 is 5.82 Å². The van der Waals surface area contributed by atoms with Crippen LogP contribution in [0.3, 0.4) is 0 Å². The largest absolute Gasteiger partial charge is 0.367 e. The Morgan fingerprint density at radius 3 is 2.48 bits per heavy atom. The van der Waals surface area contributed by atoms with Gasteiger partial charge in [-0.15, -0.1) is 0 Å². The molecule has 0 spiro atoms. The monoisotopic (exact) mass is 360 g/mol. The van der Waals surface area contributed by atoms with Crippen molar-refractivity contribution in [2.45, 2.75) is 0 Å². The van der Waals surface area contributed by atoms with Crippen molar-refractivity contribution in [3.8, 4) is 6.07 Å². The number of para-hydroxylation sites is 1. The lowest BCUT2D eigenvalue weighted by molar-refractivity contribution is 0.0742. The van der Waals surface area contributed by atoms with Gasteiger partial charge in [-0.05, 0) is 24.3 Å². The molecule has 2 heterocycles. The highest BCUT2D eigenvalue weighted by Crippen LogP contribution is 2.28. The summed E-state index contributed by atoms with van der Waals surface area (Å²) in [5.41, 5.74) is 2.19. The van der Waals surface area contributed by atoms with E-state index in [-0.39, 0.29) is 11.5 Å². The van der Waals surface area contributed by atoms with E-state index in [1.165, 1.54) is 12.1 Å². The minimum atomic E-state index is -0.497. The van der Waals surface area contributed by atoms with Crippen LogP contribution in [0.5, 0.6) is 0 Å². The zero-order chi connectivity index (χ0) is 18.8. The number of amides is 1. The van der Waals surface area contributed by atoms with E-state index in [1.807, 2.05) is 24.3 Å². The van der Waals surface area contributed by atoms with Crippen LogP contribution >= 0.6 is 0 Å². The van der Waals surface area contributed by atoms with E-state index in [4.69, 9.17) is 0 Å². The molecule has 2 aromatic carbocycles. The van der Waals surface area contributed by atoms with Crippen LogP contribution in [0.2, 0.25) is 0 Å². The summed E-state index contributed by atoms with van der Waals surface area (Å²) in [6.45, 7) is 2.20. The minimum Gasteiger partial charge on any atom is -0.367 e. The second-order valence-electron chi connectivity index (χ2n) is 6.41. The van der Waals surface area contributed by atoms with Crippen LogP contribution in [-0.2, 0) is 0 Å². The maximum atomic E-state index is 13.9. The zero-order valence-electron chi connectivity index (χ0n) is 14.6. The Hall–Kier alpha value is -3.46. The van der Waals surface area contributed by atoms with Gasteiger partial charge in [-0.2, -0.15) is 5.26 Å². The van der Waals surface area contributed by atoms with Gasteiger partial charge in [0.1, 0.15) is 17.6 Å². The van der Waals surface area contributed by atoms with Gasteiger partial charge in [0.25, 0.3) is 5.91 Å². The third-order valence-corrected chi connectivity index (χ3v) is 4.82. The van der Waals surface area contributed by atoms with Crippen LogP contribution in [0.4, 0.5) is 10.1 Å². The van der Waals surface area contributed by atoms with Crippen LogP contribution in [0.15, 0.2) is 54.6 Å². The first-order valence-corrected chi connectivity index (χ1v) is 8.76. The van der Waals surface area contributed by atoms with E-state index in [0.717, 1.165) is 16.6 Å². The first-order chi connectivity index (χ1) is 13.2. The fourth-order valence-corrected chi connectivity index (χ4v) is 3.43. The third kappa shape index (κ3) is 3.20. The molecule has 27 heavy (non-hydrogen) atoms. The number of hydrogen-bond acceptors (Lipinski definition) is 4. The summed E-state index contributed by atoms with van der Waals surface area (Å²) in [5.74, 6) is -0.784. The number of carbonyl (C=O) groups is 1. The second kappa shape index (κ2) is 7.04. The highest BCUT2D eigenvalue weighted by atomic mass is 19.1. The molecule has 6 heteroatoms. The molecular weight excluding hydrogens is 343 g/mol. The Morgan fingerprint density at radius 2 is 1.74 bits per heavy atom. The molecule has 0 saturated carbocycles. The molecule has 5 nitrogen and oxygen atoms in total. The summed E-state index contributed by atoms with van der Waals surface area (Å²) < 4.78 is 13.9. The lowest BCUT2D eigenvalue weighted by Gasteiger charge is -2.36. The van der Waals surface area contributed by atoms with E-state index in [1.54, 1.807) is 23.1 Å². The third-order valence-electron chi connectivity index (χ3n) is 4.82. The van der Waals surface area contributed by atoms with Gasteiger partial charge in [0, 0.05) is 37.3 Å². The smallest absolute Gasteiger partial charge is 0.256 e. The number of piperazine rings is 1. The molecule has 0 unspecified atom stereocenters. The number of nitrogens with zero attached hydrogens (tertiary/aromatic N) is 4. The van der Waals surface area contributed by atoms with Gasteiger partial charge < -0.3 is 9.80 Å². The highest BCUT2D eigenvalue weighted by molar-refractivity contribution is 5.95. The van der Waals surface area contributed by atoms with Gasteiger partial charge in [0.15, 0.2) is 0 Å². The predicted octanol–water partition coefficient (Wildman–Crippen LogP) is 3.21. The van der Waals surface area contributed by atoms with E-state index in [0.29, 0.717) is 31.9 Å². The number of rotatable bonds is 2. The average molecular weight is 360 g/mol. The van der Waals surface area contributed by atoms with Crippen LogP contribution < -0.4 is 4.90 Å². The van der Waals surface area contributed by atoms with Crippen LogP contribution in [-0.4, -0.2) is 42.0 Å². The lowest BCUT2D eigenvalue weighted by Crippen LogP contribution is -2.49. The number of anilines is 1. The average Bonchev–Trinajstić information content (AvgIpc) is 2.73. The summed E-state index contributed by atoms with van der Waals surface area (Å²) in [5, 5.41) is 10.2. The summed E-state index contributed by atoms with van der Waals surface area (Å²) in [6, 6.07) is 17.7. The fourth-order valence-electron chi connectivity index (χ4n) is 3.43. The number of nitriles is 1. The standard InChI is InChI=1S/C21H17FN4O/c22-18-7-3-1-5-16(18)21(27)26-11-9-25(10-12-26)20-13-15(14-23)24-19-8-4-2-6-17(19)20/h1-8,13H,9-12H2. The first kappa shape index (κ1) is 17.0. The molecule has 3 aromatic rings. The van der Waals surface area contributed by atoms with E-state index in [2.05, 4.69) is 16.0 Å². The number of fused-ring (bicyclic) bond motifs is 1. The molecule has 0 atom stereocenters. The number of benzene rings is 2. The summed E-state index contributed by atoms with van der Waals surface area (Å²) in [7, 11) is 0. The van der Waals surface area contributed by atoms with Crippen LogP contribution in [0.1, 0.15) is 16.1 Å². The molecule has 134 valence electrons. The van der Waals surface area contributed by atoms with Gasteiger partial charge in [-0.3, -0.25) is 4.79 Å². The maximum Gasteiger partial charge on any atom is 0.256 e. The van der Waals surface area contributed by atoms with Crippen molar-refractivity contribution >= 4 is 22.5 Å². The van der Waals surface area contributed by atoms with Gasteiger partial charge in [-0.1, -0.05) is 30.3 Å². The quantitative estimate of drug-likeness (QED) is 0.704.